The number of hydrogen-bond donors (Lipinski definition) is 4. The highest BCUT2D eigenvalue weighted by molar-refractivity contribution is 7.89. The highest BCUT2D eigenvalue weighted by atomic mass is 35.5. The van der Waals surface area contributed by atoms with E-state index < -0.39 is 26.7 Å². The molecule has 2 aromatic carbocycles. The molecule has 2 aromatic rings. The Bertz CT molecular complexity index is 1020. The average Bonchev–Trinajstić information content (AvgIpc) is 2.61. The van der Waals surface area contributed by atoms with Gasteiger partial charge in [-0.15, -0.1) is 12.4 Å². The number of hydrogen-bond acceptors (Lipinski definition) is 5. The van der Waals surface area contributed by atoms with E-state index in [4.69, 9.17) is 34.8 Å². The lowest BCUT2D eigenvalue weighted by Crippen LogP contribution is -2.31. The standard InChI is InChI=1S/C17H19Cl3N4O4S.ClH/c1-24(2)9-8-21-29(27,28)16-11(19)6-7-13(15(16)25)23-17(26)22-12-5-3-4-10(18)14(12)20;/h3-7,21,25H,8-9H2,1-2H3,(H2,22,23,26);1H. The molecule has 0 atom stereocenters. The predicted molar refractivity (Wildman–Crippen MR) is 123 cm³/mol. The van der Waals surface area contributed by atoms with Gasteiger partial charge in [0.05, 0.1) is 26.4 Å². The number of nitrogens with zero attached hydrogens (tertiary/aromatic N) is 1. The minimum absolute atomic E-state index is 0. The third-order valence-electron chi connectivity index (χ3n) is 3.65. The van der Waals surface area contributed by atoms with E-state index in [0.29, 0.717) is 6.54 Å². The Labute approximate surface area is 196 Å². The van der Waals surface area contributed by atoms with Crippen molar-refractivity contribution in [3.05, 3.63) is 45.4 Å². The molecule has 2 amide bonds. The van der Waals surface area contributed by atoms with Crippen molar-refractivity contribution in [2.45, 2.75) is 4.90 Å². The van der Waals surface area contributed by atoms with Gasteiger partial charge in [-0.2, -0.15) is 0 Å². The van der Waals surface area contributed by atoms with E-state index in [1.807, 2.05) is 0 Å². The van der Waals surface area contributed by atoms with Gasteiger partial charge < -0.3 is 20.6 Å². The molecule has 30 heavy (non-hydrogen) atoms. The second-order valence-electron chi connectivity index (χ2n) is 6.15. The van der Waals surface area contributed by atoms with Gasteiger partial charge in [0, 0.05) is 13.1 Å². The van der Waals surface area contributed by atoms with E-state index in [9.17, 15) is 18.3 Å². The van der Waals surface area contributed by atoms with Gasteiger partial charge in [0.1, 0.15) is 4.90 Å². The van der Waals surface area contributed by atoms with Crippen LogP contribution in [0.3, 0.4) is 0 Å². The first-order chi connectivity index (χ1) is 13.5. The van der Waals surface area contributed by atoms with E-state index in [-0.39, 0.29) is 45.4 Å². The molecule has 0 radical (unpaired) electrons. The van der Waals surface area contributed by atoms with Crippen LogP contribution < -0.4 is 15.4 Å². The van der Waals surface area contributed by atoms with E-state index in [1.165, 1.54) is 18.2 Å². The maximum Gasteiger partial charge on any atom is 0.323 e. The van der Waals surface area contributed by atoms with Gasteiger partial charge in [-0.1, -0.05) is 40.9 Å². The fourth-order valence-electron chi connectivity index (χ4n) is 2.26. The molecule has 0 saturated heterocycles. The Morgan fingerprint density at radius 1 is 1.03 bits per heavy atom. The number of nitrogens with one attached hydrogen (secondary N) is 3. The highest BCUT2D eigenvalue weighted by Gasteiger charge is 2.25. The maximum absolute atomic E-state index is 12.5. The van der Waals surface area contributed by atoms with Gasteiger partial charge >= 0.3 is 6.03 Å². The quantitative estimate of drug-likeness (QED) is 0.410. The van der Waals surface area contributed by atoms with Gasteiger partial charge in [-0.05, 0) is 38.4 Å². The summed E-state index contributed by atoms with van der Waals surface area (Å²) in [4.78, 5) is 13.5. The first-order valence-electron chi connectivity index (χ1n) is 8.21. The van der Waals surface area contributed by atoms with Gasteiger partial charge in [0.25, 0.3) is 0 Å². The normalized spacial score (nSPS) is 11.1. The van der Waals surface area contributed by atoms with Crippen LogP contribution in [-0.4, -0.2) is 51.6 Å². The molecule has 0 aliphatic heterocycles. The SMILES string of the molecule is CN(C)CCNS(=O)(=O)c1c(Cl)ccc(NC(=O)Nc2cccc(Cl)c2Cl)c1O.Cl. The molecular formula is C17H20Cl4N4O4S. The lowest BCUT2D eigenvalue weighted by atomic mass is 10.3. The van der Waals surface area contributed by atoms with Crippen molar-refractivity contribution in [3.63, 3.8) is 0 Å². The molecule has 0 aromatic heterocycles. The third kappa shape index (κ3) is 6.78. The summed E-state index contributed by atoms with van der Waals surface area (Å²) in [6.07, 6.45) is 0. The Balaban J connectivity index is 0.00000450. The summed E-state index contributed by atoms with van der Waals surface area (Å²) in [6, 6.07) is 6.43. The number of aromatic hydroxyl groups is 1. The van der Waals surface area contributed by atoms with Crippen LogP contribution in [0, 0.1) is 0 Å². The molecule has 166 valence electrons. The van der Waals surface area contributed by atoms with Crippen molar-refractivity contribution in [2.75, 3.05) is 37.8 Å². The molecule has 2 rings (SSSR count). The lowest BCUT2D eigenvalue weighted by molar-refractivity contribution is 0.262. The Hall–Kier alpha value is -1.46. The monoisotopic (exact) mass is 516 g/mol. The lowest BCUT2D eigenvalue weighted by Gasteiger charge is -2.15. The fourth-order valence-corrected chi connectivity index (χ4v) is 4.25. The van der Waals surface area contributed by atoms with Crippen LogP contribution >= 0.6 is 47.2 Å². The number of carbonyl (C=O) groups excluding carboxylic acids is 1. The summed E-state index contributed by atoms with van der Waals surface area (Å²) in [7, 11) is -0.544. The number of amides is 2. The first-order valence-corrected chi connectivity index (χ1v) is 10.8. The maximum atomic E-state index is 12.5. The Morgan fingerprint density at radius 2 is 1.67 bits per heavy atom. The molecular weight excluding hydrogens is 498 g/mol. The second kappa shape index (κ2) is 11.2. The zero-order valence-electron chi connectivity index (χ0n) is 15.9. The molecule has 0 bridgehead atoms. The summed E-state index contributed by atoms with van der Waals surface area (Å²) in [6.45, 7) is 0.550. The van der Waals surface area contributed by atoms with Gasteiger partial charge in [0.2, 0.25) is 10.0 Å². The van der Waals surface area contributed by atoms with Crippen LogP contribution in [0.1, 0.15) is 0 Å². The van der Waals surface area contributed by atoms with E-state index in [0.717, 1.165) is 0 Å². The summed E-state index contributed by atoms with van der Waals surface area (Å²) < 4.78 is 27.4. The number of likely N-dealkylation sites (N-methyl/N-ethyl adjacent to an activating group) is 1. The summed E-state index contributed by atoms with van der Waals surface area (Å²) in [5.74, 6) is -0.692. The van der Waals surface area contributed by atoms with Gasteiger partial charge in [-0.25, -0.2) is 17.9 Å². The molecule has 0 aliphatic rings. The van der Waals surface area contributed by atoms with Crippen molar-refractivity contribution in [1.29, 1.82) is 0 Å². The summed E-state index contributed by atoms with van der Waals surface area (Å²) in [5, 5.41) is 15.4. The number of halogens is 4. The minimum atomic E-state index is -4.12. The minimum Gasteiger partial charge on any atom is -0.504 e. The fraction of sp³-hybridized carbons (Fsp3) is 0.235. The third-order valence-corrected chi connectivity index (χ3v) is 6.43. The van der Waals surface area contributed by atoms with Gasteiger partial charge in [0.15, 0.2) is 5.75 Å². The molecule has 0 aliphatic carbocycles. The van der Waals surface area contributed by atoms with E-state index >= 15 is 0 Å². The topological polar surface area (TPSA) is 111 Å². The van der Waals surface area contributed by atoms with Crippen LogP contribution in [0.15, 0.2) is 35.2 Å². The van der Waals surface area contributed by atoms with Crippen molar-refractivity contribution in [3.8, 4) is 5.75 Å². The van der Waals surface area contributed by atoms with Crippen LogP contribution in [0.2, 0.25) is 15.1 Å². The highest BCUT2D eigenvalue weighted by Crippen LogP contribution is 2.37. The zero-order chi connectivity index (χ0) is 21.8. The van der Waals surface area contributed by atoms with E-state index in [2.05, 4.69) is 15.4 Å². The number of urea groups is 1. The van der Waals surface area contributed by atoms with Crippen molar-refractivity contribution in [2.24, 2.45) is 0 Å². The predicted octanol–water partition coefficient (Wildman–Crippen LogP) is 4.26. The Morgan fingerprint density at radius 3 is 2.30 bits per heavy atom. The van der Waals surface area contributed by atoms with Crippen LogP contribution in [0.4, 0.5) is 16.2 Å². The number of benzene rings is 2. The molecule has 0 saturated carbocycles. The molecule has 4 N–H and O–H groups in total. The Kier molecular flexibility index (Phi) is 9.96. The molecule has 8 nitrogen and oxygen atoms in total. The van der Waals surface area contributed by atoms with Crippen LogP contribution in [0.5, 0.6) is 5.75 Å². The molecule has 13 heteroatoms. The molecule has 0 unspecified atom stereocenters. The van der Waals surface area contributed by atoms with Crippen LogP contribution in [-0.2, 0) is 10.0 Å². The van der Waals surface area contributed by atoms with Crippen molar-refractivity contribution < 1.29 is 18.3 Å². The smallest absolute Gasteiger partial charge is 0.323 e. The molecule has 0 fully saturated rings. The number of rotatable bonds is 7. The largest absolute Gasteiger partial charge is 0.504 e. The van der Waals surface area contributed by atoms with Crippen molar-refractivity contribution in [1.82, 2.24) is 9.62 Å². The summed E-state index contributed by atoms with van der Waals surface area (Å²) in [5.41, 5.74) is 0.0846. The first kappa shape index (κ1) is 26.6. The van der Waals surface area contributed by atoms with E-state index in [1.54, 1.807) is 31.1 Å². The number of phenols is 1. The summed E-state index contributed by atoms with van der Waals surface area (Å²) >= 11 is 17.9. The second-order valence-corrected chi connectivity index (χ2v) is 9.05. The zero-order valence-corrected chi connectivity index (χ0v) is 19.8. The van der Waals surface area contributed by atoms with Gasteiger partial charge in [-0.3, -0.25) is 0 Å². The van der Waals surface area contributed by atoms with Crippen molar-refractivity contribution >= 4 is 74.6 Å². The number of carbonyl (C=O) groups is 1. The molecule has 0 spiro atoms. The average molecular weight is 518 g/mol. The number of anilines is 2. The van der Waals surface area contributed by atoms with Crippen LogP contribution in [0.25, 0.3) is 0 Å². The molecule has 0 heterocycles. The number of phenolic OH excluding ortho intramolecular Hbond substituents is 1. The number of sulfonamides is 1.